The molecule has 0 fully saturated rings. The highest BCUT2D eigenvalue weighted by atomic mass is 16.3. The van der Waals surface area contributed by atoms with Crippen molar-refractivity contribution in [2.24, 2.45) is 5.73 Å². The second-order valence-electron chi connectivity index (χ2n) is 2.31. The van der Waals surface area contributed by atoms with Crippen LogP contribution in [0.1, 0.15) is 6.92 Å². The van der Waals surface area contributed by atoms with Crippen molar-refractivity contribution in [2.45, 2.75) is 6.92 Å². The number of carbonyl (C=O) groups excluding carboxylic acids is 1. The maximum atomic E-state index is 10.4. The average molecular weight is 170 g/mol. The molecule has 0 bridgehead atoms. The molecule has 0 amide bonds. The van der Waals surface area contributed by atoms with Gasteiger partial charge in [0.1, 0.15) is 6.29 Å². The number of nitrogens with two attached hydrogens (primary N) is 1. The summed E-state index contributed by atoms with van der Waals surface area (Å²) in [6.07, 6.45) is 2.14. The molecule has 0 aliphatic rings. The van der Waals surface area contributed by atoms with Gasteiger partial charge in [-0.25, -0.2) is 0 Å². The zero-order chi connectivity index (χ0) is 9.56. The van der Waals surface area contributed by atoms with E-state index in [4.69, 9.17) is 10.8 Å². The summed E-state index contributed by atoms with van der Waals surface area (Å²) < 4.78 is 0. The first-order valence-electron chi connectivity index (χ1n) is 3.59. The summed E-state index contributed by atoms with van der Waals surface area (Å²) >= 11 is 0. The highest BCUT2D eigenvalue weighted by Gasteiger charge is 1.97. The maximum Gasteiger partial charge on any atom is 0.184 e. The van der Waals surface area contributed by atoms with Crippen molar-refractivity contribution in [3.8, 4) is 0 Å². The van der Waals surface area contributed by atoms with E-state index in [0.717, 1.165) is 0 Å². The number of aliphatic hydroxyl groups is 1. The van der Waals surface area contributed by atoms with E-state index in [1.165, 1.54) is 6.08 Å². The van der Waals surface area contributed by atoms with E-state index in [9.17, 15) is 4.79 Å². The van der Waals surface area contributed by atoms with Gasteiger partial charge in [-0.1, -0.05) is 0 Å². The molecule has 68 valence electrons. The predicted octanol–water partition coefficient (Wildman–Crippen LogP) is 0.0793. The Morgan fingerprint density at radius 3 is 2.58 bits per heavy atom. The molecule has 0 saturated heterocycles. The van der Waals surface area contributed by atoms with Crippen LogP contribution < -0.4 is 11.1 Å². The molecule has 0 rings (SSSR count). The van der Waals surface area contributed by atoms with Crippen LogP contribution in [0.2, 0.25) is 0 Å². The Labute approximate surface area is 71.8 Å². The van der Waals surface area contributed by atoms with Gasteiger partial charge in [0, 0.05) is 25.2 Å². The van der Waals surface area contributed by atoms with E-state index in [1.54, 1.807) is 14.0 Å². The SMILES string of the molecule is CN/C(O)=C\C(C)=C(/C=O)CN. The van der Waals surface area contributed by atoms with Gasteiger partial charge in [0.15, 0.2) is 5.88 Å². The molecule has 0 aliphatic heterocycles. The number of hydrogen-bond acceptors (Lipinski definition) is 4. The third-order valence-electron chi connectivity index (χ3n) is 1.48. The number of allylic oxidation sites excluding steroid dienone is 2. The minimum atomic E-state index is 0.0142. The minimum Gasteiger partial charge on any atom is -0.495 e. The smallest absolute Gasteiger partial charge is 0.184 e. The summed E-state index contributed by atoms with van der Waals surface area (Å²) in [6.45, 7) is 1.90. The topological polar surface area (TPSA) is 75.3 Å². The third-order valence-corrected chi connectivity index (χ3v) is 1.48. The van der Waals surface area contributed by atoms with Gasteiger partial charge in [-0.05, 0) is 12.5 Å². The molecule has 0 aromatic carbocycles. The highest BCUT2D eigenvalue weighted by molar-refractivity contribution is 5.75. The Hall–Kier alpha value is -1.29. The highest BCUT2D eigenvalue weighted by Crippen LogP contribution is 2.02. The first-order chi connectivity index (χ1) is 5.65. The zero-order valence-corrected chi connectivity index (χ0v) is 7.29. The lowest BCUT2D eigenvalue weighted by Crippen LogP contribution is -2.08. The summed E-state index contributed by atoms with van der Waals surface area (Å²) in [5.41, 5.74) is 6.43. The van der Waals surface area contributed by atoms with E-state index in [2.05, 4.69) is 5.32 Å². The van der Waals surface area contributed by atoms with E-state index in [0.29, 0.717) is 17.4 Å². The largest absolute Gasteiger partial charge is 0.495 e. The van der Waals surface area contributed by atoms with Crippen molar-refractivity contribution in [2.75, 3.05) is 13.6 Å². The summed E-state index contributed by atoms with van der Waals surface area (Å²) in [6, 6.07) is 0. The second kappa shape index (κ2) is 5.37. The zero-order valence-electron chi connectivity index (χ0n) is 7.29. The van der Waals surface area contributed by atoms with Crippen LogP contribution in [-0.4, -0.2) is 25.0 Å². The van der Waals surface area contributed by atoms with E-state index in [-0.39, 0.29) is 12.4 Å². The van der Waals surface area contributed by atoms with Gasteiger partial charge in [-0.2, -0.15) is 0 Å². The van der Waals surface area contributed by atoms with Crippen LogP contribution in [0.15, 0.2) is 23.1 Å². The Balaban J connectivity index is 4.64. The van der Waals surface area contributed by atoms with Gasteiger partial charge in [0.05, 0.1) is 0 Å². The molecule has 4 nitrogen and oxygen atoms in total. The standard InChI is InChI=1S/C8H14N2O2/c1-6(3-8(12)10-2)7(4-9)5-11/h3,5,10,12H,4,9H2,1-2H3/b7-6-,8-3+. The Bertz CT molecular complexity index is 219. The van der Waals surface area contributed by atoms with Crippen molar-refractivity contribution in [1.82, 2.24) is 5.32 Å². The van der Waals surface area contributed by atoms with Gasteiger partial charge < -0.3 is 16.2 Å². The molecular weight excluding hydrogens is 156 g/mol. The van der Waals surface area contributed by atoms with Crippen LogP contribution >= 0.6 is 0 Å². The van der Waals surface area contributed by atoms with E-state index < -0.39 is 0 Å². The van der Waals surface area contributed by atoms with Crippen molar-refractivity contribution >= 4 is 6.29 Å². The van der Waals surface area contributed by atoms with Gasteiger partial charge in [-0.15, -0.1) is 0 Å². The van der Waals surface area contributed by atoms with Gasteiger partial charge in [0.2, 0.25) is 0 Å². The van der Waals surface area contributed by atoms with Crippen molar-refractivity contribution in [3.63, 3.8) is 0 Å². The quantitative estimate of drug-likeness (QED) is 0.242. The van der Waals surface area contributed by atoms with Crippen molar-refractivity contribution in [1.29, 1.82) is 0 Å². The summed E-state index contributed by atoms with van der Waals surface area (Å²) in [5.74, 6) is 0.0142. The molecule has 0 spiro atoms. The summed E-state index contributed by atoms with van der Waals surface area (Å²) in [4.78, 5) is 10.4. The molecule has 0 aliphatic carbocycles. The number of rotatable bonds is 4. The van der Waals surface area contributed by atoms with Gasteiger partial charge in [-0.3, -0.25) is 4.79 Å². The fraction of sp³-hybridized carbons (Fsp3) is 0.375. The number of hydrogen-bond donors (Lipinski definition) is 3. The Morgan fingerprint density at radius 2 is 2.25 bits per heavy atom. The van der Waals surface area contributed by atoms with Crippen LogP contribution in [0.5, 0.6) is 0 Å². The van der Waals surface area contributed by atoms with Crippen LogP contribution in [0.4, 0.5) is 0 Å². The van der Waals surface area contributed by atoms with E-state index >= 15 is 0 Å². The lowest BCUT2D eigenvalue weighted by atomic mass is 10.1. The summed E-state index contributed by atoms with van der Waals surface area (Å²) in [5, 5.41) is 11.6. The van der Waals surface area contributed by atoms with Crippen LogP contribution in [0.25, 0.3) is 0 Å². The van der Waals surface area contributed by atoms with E-state index in [1.807, 2.05) is 0 Å². The minimum absolute atomic E-state index is 0.0142. The molecule has 0 unspecified atom stereocenters. The Kier molecular flexibility index (Phi) is 4.79. The van der Waals surface area contributed by atoms with Crippen LogP contribution in [0, 0.1) is 0 Å². The maximum absolute atomic E-state index is 10.4. The van der Waals surface area contributed by atoms with Gasteiger partial charge in [0.25, 0.3) is 0 Å². The number of aliphatic hydroxyl groups excluding tert-OH is 1. The molecule has 0 aromatic rings. The Morgan fingerprint density at radius 1 is 1.67 bits per heavy atom. The lowest BCUT2D eigenvalue weighted by Gasteiger charge is -2.00. The molecule has 0 atom stereocenters. The fourth-order valence-electron chi connectivity index (χ4n) is 0.672. The van der Waals surface area contributed by atoms with Crippen molar-refractivity contribution in [3.05, 3.63) is 23.1 Å². The van der Waals surface area contributed by atoms with Crippen molar-refractivity contribution < 1.29 is 9.90 Å². The monoisotopic (exact) mass is 170 g/mol. The number of aldehydes is 1. The lowest BCUT2D eigenvalue weighted by molar-refractivity contribution is -0.104. The third kappa shape index (κ3) is 3.21. The predicted molar refractivity (Wildman–Crippen MR) is 47.6 cm³/mol. The van der Waals surface area contributed by atoms with Crippen LogP contribution in [-0.2, 0) is 4.79 Å². The first kappa shape index (κ1) is 10.7. The number of carbonyl (C=O) groups is 1. The van der Waals surface area contributed by atoms with Crippen LogP contribution in [0.3, 0.4) is 0 Å². The average Bonchev–Trinajstić information content (AvgIpc) is 2.06. The molecule has 0 radical (unpaired) electrons. The summed E-state index contributed by atoms with van der Waals surface area (Å²) in [7, 11) is 1.59. The molecule has 0 heterocycles. The van der Waals surface area contributed by atoms with Gasteiger partial charge >= 0.3 is 0 Å². The normalized spacial score (nSPS) is 13.8. The second-order valence-corrected chi connectivity index (χ2v) is 2.31. The molecule has 4 N–H and O–H groups in total. The molecule has 4 heteroatoms. The molecular formula is C8H14N2O2. The fourth-order valence-corrected chi connectivity index (χ4v) is 0.672. The number of nitrogens with one attached hydrogen (secondary N) is 1. The molecule has 0 aromatic heterocycles. The first-order valence-corrected chi connectivity index (χ1v) is 3.59. The molecule has 12 heavy (non-hydrogen) atoms. The molecule has 0 saturated carbocycles.